The second kappa shape index (κ2) is 4.65. The van der Waals surface area contributed by atoms with E-state index >= 15 is 0 Å². The first-order valence-corrected chi connectivity index (χ1v) is 6.11. The molecule has 1 aliphatic rings. The lowest BCUT2D eigenvalue weighted by atomic mass is 10.00. The summed E-state index contributed by atoms with van der Waals surface area (Å²) in [6.45, 7) is 0.428. The van der Waals surface area contributed by atoms with Crippen molar-refractivity contribution in [1.82, 2.24) is 4.98 Å². The lowest BCUT2D eigenvalue weighted by molar-refractivity contribution is 0.0955. The van der Waals surface area contributed by atoms with Gasteiger partial charge in [0.15, 0.2) is 5.78 Å². The molecule has 19 heavy (non-hydrogen) atoms. The lowest BCUT2D eigenvalue weighted by Crippen LogP contribution is -2.37. The van der Waals surface area contributed by atoms with Gasteiger partial charge in [-0.15, -0.1) is 0 Å². The molecule has 4 heteroatoms. The van der Waals surface area contributed by atoms with Crippen molar-refractivity contribution in [3.8, 4) is 0 Å². The monoisotopic (exact) mass is 252 g/mol. The van der Waals surface area contributed by atoms with E-state index in [4.69, 9.17) is 0 Å². The number of rotatable bonds is 1. The number of hydrogen-bond donors (Lipinski definition) is 0. The number of carbonyl (C=O) groups excluding carboxylic acids is 2. The van der Waals surface area contributed by atoms with Gasteiger partial charge in [-0.25, -0.2) is 0 Å². The Hall–Kier alpha value is -2.49. The summed E-state index contributed by atoms with van der Waals surface area (Å²) in [7, 11) is 0. The van der Waals surface area contributed by atoms with Gasteiger partial charge in [0.2, 0.25) is 0 Å². The lowest BCUT2D eigenvalue weighted by Gasteiger charge is -2.28. The van der Waals surface area contributed by atoms with Crippen molar-refractivity contribution < 1.29 is 9.59 Å². The van der Waals surface area contributed by atoms with Gasteiger partial charge in [-0.2, -0.15) is 0 Å². The van der Waals surface area contributed by atoms with Crippen molar-refractivity contribution in [3.05, 3.63) is 59.9 Å². The Labute approximate surface area is 110 Å². The minimum atomic E-state index is -0.0950. The molecular formula is C15H12N2O2. The van der Waals surface area contributed by atoms with Crippen LogP contribution >= 0.6 is 0 Å². The average Bonchev–Trinajstić information content (AvgIpc) is 2.48. The third kappa shape index (κ3) is 2.01. The number of benzene rings is 1. The summed E-state index contributed by atoms with van der Waals surface area (Å²) in [6.07, 6.45) is 3.55. The van der Waals surface area contributed by atoms with Crippen molar-refractivity contribution in [2.45, 2.75) is 6.42 Å². The molecule has 0 spiro atoms. The number of aromatic nitrogens is 1. The molecule has 2 heterocycles. The smallest absolute Gasteiger partial charge is 0.258 e. The summed E-state index contributed by atoms with van der Waals surface area (Å²) in [5.41, 5.74) is 1.90. The number of Topliss-reactive ketones (excluding diaryl/α,β-unsaturated/α-hetero) is 1. The first-order chi connectivity index (χ1) is 9.27. The fourth-order valence-electron chi connectivity index (χ4n) is 2.27. The molecule has 1 aliphatic heterocycles. The predicted molar refractivity (Wildman–Crippen MR) is 71.3 cm³/mol. The maximum atomic E-state index is 12.5. The molecule has 3 rings (SSSR count). The van der Waals surface area contributed by atoms with Crippen LogP contribution in [0.4, 0.5) is 5.69 Å². The van der Waals surface area contributed by atoms with E-state index in [9.17, 15) is 9.59 Å². The van der Waals surface area contributed by atoms with Crippen LogP contribution in [0.3, 0.4) is 0 Å². The van der Waals surface area contributed by atoms with Crippen molar-refractivity contribution in [3.63, 3.8) is 0 Å². The molecule has 0 saturated carbocycles. The second-order valence-corrected chi connectivity index (χ2v) is 4.38. The summed E-state index contributed by atoms with van der Waals surface area (Å²) in [5, 5.41) is 0. The van der Waals surface area contributed by atoms with E-state index in [1.54, 1.807) is 35.5 Å². The van der Waals surface area contributed by atoms with Gasteiger partial charge in [0, 0.05) is 36.5 Å². The van der Waals surface area contributed by atoms with Crippen LogP contribution in [0, 0.1) is 0 Å². The van der Waals surface area contributed by atoms with E-state index in [1.165, 1.54) is 0 Å². The molecular weight excluding hydrogens is 240 g/mol. The zero-order valence-electron chi connectivity index (χ0n) is 10.2. The predicted octanol–water partition coefficient (Wildman–Crippen LogP) is 2.31. The van der Waals surface area contributed by atoms with Gasteiger partial charge in [-0.1, -0.05) is 12.1 Å². The van der Waals surface area contributed by atoms with Crippen LogP contribution in [0.1, 0.15) is 27.1 Å². The first-order valence-electron chi connectivity index (χ1n) is 6.11. The quantitative estimate of drug-likeness (QED) is 0.782. The molecule has 2 aromatic rings. The van der Waals surface area contributed by atoms with Crippen LogP contribution in [-0.4, -0.2) is 23.2 Å². The SMILES string of the molecule is O=C1CCN(C(=O)c2ccncc2)c2ccccc21. The van der Waals surface area contributed by atoms with E-state index in [-0.39, 0.29) is 11.7 Å². The Bertz CT molecular complexity index is 638. The van der Waals surface area contributed by atoms with Crippen LogP contribution < -0.4 is 4.90 Å². The number of ketones is 1. The molecule has 1 amide bonds. The summed E-state index contributed by atoms with van der Waals surface area (Å²) in [6, 6.07) is 10.6. The zero-order chi connectivity index (χ0) is 13.2. The van der Waals surface area contributed by atoms with Gasteiger partial charge in [-0.3, -0.25) is 14.6 Å². The van der Waals surface area contributed by atoms with Crippen LogP contribution in [0.5, 0.6) is 0 Å². The number of amides is 1. The normalized spacial score (nSPS) is 14.1. The van der Waals surface area contributed by atoms with Gasteiger partial charge in [0.25, 0.3) is 5.91 Å². The van der Waals surface area contributed by atoms with E-state index in [1.807, 2.05) is 18.2 Å². The number of nitrogens with zero attached hydrogens (tertiary/aromatic N) is 2. The third-order valence-corrected chi connectivity index (χ3v) is 3.23. The van der Waals surface area contributed by atoms with E-state index in [0.717, 1.165) is 0 Å². The summed E-state index contributed by atoms with van der Waals surface area (Å²) >= 11 is 0. The van der Waals surface area contributed by atoms with Gasteiger partial charge in [0.1, 0.15) is 0 Å². The van der Waals surface area contributed by atoms with E-state index in [0.29, 0.717) is 29.8 Å². The molecule has 0 N–H and O–H groups in total. The Morgan fingerprint density at radius 2 is 1.84 bits per heavy atom. The highest BCUT2D eigenvalue weighted by molar-refractivity contribution is 6.13. The maximum Gasteiger partial charge on any atom is 0.258 e. The number of pyridine rings is 1. The van der Waals surface area contributed by atoms with Gasteiger partial charge >= 0.3 is 0 Å². The van der Waals surface area contributed by atoms with Crippen molar-refractivity contribution in [2.75, 3.05) is 11.4 Å². The highest BCUT2D eigenvalue weighted by Gasteiger charge is 2.27. The number of anilines is 1. The number of para-hydroxylation sites is 1. The highest BCUT2D eigenvalue weighted by atomic mass is 16.2. The van der Waals surface area contributed by atoms with Crippen molar-refractivity contribution >= 4 is 17.4 Å². The van der Waals surface area contributed by atoms with Crippen molar-refractivity contribution in [1.29, 1.82) is 0 Å². The number of fused-ring (bicyclic) bond motifs is 1. The Morgan fingerprint density at radius 3 is 2.63 bits per heavy atom. The summed E-state index contributed by atoms with van der Waals surface area (Å²) in [5.74, 6) is -0.00303. The van der Waals surface area contributed by atoms with Crippen LogP contribution in [0.15, 0.2) is 48.8 Å². The fourth-order valence-corrected chi connectivity index (χ4v) is 2.27. The molecule has 0 unspecified atom stereocenters. The highest BCUT2D eigenvalue weighted by Crippen LogP contribution is 2.27. The number of hydrogen-bond acceptors (Lipinski definition) is 3. The van der Waals surface area contributed by atoms with Crippen LogP contribution in [0.25, 0.3) is 0 Å². The zero-order valence-corrected chi connectivity index (χ0v) is 10.2. The molecule has 0 fully saturated rings. The molecule has 0 bridgehead atoms. The molecule has 0 aliphatic carbocycles. The van der Waals surface area contributed by atoms with Crippen LogP contribution in [-0.2, 0) is 0 Å². The fraction of sp³-hybridized carbons (Fsp3) is 0.133. The van der Waals surface area contributed by atoms with E-state index < -0.39 is 0 Å². The van der Waals surface area contributed by atoms with Gasteiger partial charge in [0.05, 0.1) is 5.69 Å². The first kappa shape index (κ1) is 11.6. The second-order valence-electron chi connectivity index (χ2n) is 4.38. The molecule has 4 nitrogen and oxygen atoms in total. The molecule has 94 valence electrons. The number of carbonyl (C=O) groups is 2. The Morgan fingerprint density at radius 1 is 1.11 bits per heavy atom. The molecule has 0 atom stereocenters. The standard InChI is InChI=1S/C15H12N2O2/c18-14-7-10-17(13-4-2-1-3-12(13)14)15(19)11-5-8-16-9-6-11/h1-6,8-9H,7,10H2. The van der Waals surface area contributed by atoms with Crippen molar-refractivity contribution in [2.24, 2.45) is 0 Å². The molecule has 0 saturated heterocycles. The minimum absolute atomic E-state index is 0.0920. The largest absolute Gasteiger partial charge is 0.307 e. The van der Waals surface area contributed by atoms with Crippen LogP contribution in [0.2, 0.25) is 0 Å². The summed E-state index contributed by atoms with van der Waals surface area (Å²) in [4.78, 5) is 29.9. The molecule has 1 aromatic carbocycles. The Balaban J connectivity index is 2.02. The molecule has 0 radical (unpaired) electrons. The molecule has 1 aromatic heterocycles. The topological polar surface area (TPSA) is 50.3 Å². The summed E-state index contributed by atoms with van der Waals surface area (Å²) < 4.78 is 0. The van der Waals surface area contributed by atoms with Gasteiger partial charge < -0.3 is 4.90 Å². The average molecular weight is 252 g/mol. The van der Waals surface area contributed by atoms with E-state index in [2.05, 4.69) is 4.98 Å². The Kier molecular flexibility index (Phi) is 2.83. The third-order valence-electron chi connectivity index (χ3n) is 3.23. The van der Waals surface area contributed by atoms with Gasteiger partial charge in [-0.05, 0) is 24.3 Å². The maximum absolute atomic E-state index is 12.5. The minimum Gasteiger partial charge on any atom is -0.307 e.